The second-order valence-electron chi connectivity index (χ2n) is 7.62. The molecule has 1 atom stereocenters. The molecule has 0 saturated carbocycles. The first-order valence-electron chi connectivity index (χ1n) is 9.51. The number of benzene rings is 2. The van der Waals surface area contributed by atoms with Gasteiger partial charge in [-0.1, -0.05) is 13.0 Å². The van der Waals surface area contributed by atoms with Crippen LogP contribution in [0.4, 0.5) is 21.5 Å². The fourth-order valence-electron chi connectivity index (χ4n) is 3.89. The molecule has 1 amide bonds. The molecule has 0 aliphatic carbocycles. The molecule has 0 spiro atoms. The summed E-state index contributed by atoms with van der Waals surface area (Å²) in [7, 11) is 0. The van der Waals surface area contributed by atoms with E-state index in [0.29, 0.717) is 5.69 Å². The molecular weight excluding hydrogens is 341 g/mol. The summed E-state index contributed by atoms with van der Waals surface area (Å²) in [5.41, 5.74) is 4.58. The lowest BCUT2D eigenvalue weighted by Gasteiger charge is -2.33. The average Bonchev–Trinajstić information content (AvgIpc) is 2.95. The van der Waals surface area contributed by atoms with Crippen LogP contribution in [0.3, 0.4) is 0 Å². The minimum absolute atomic E-state index is 0.171. The Hall–Kier alpha value is -2.69. The quantitative estimate of drug-likeness (QED) is 0.794. The Morgan fingerprint density at radius 2 is 1.96 bits per heavy atom. The van der Waals surface area contributed by atoms with Crippen molar-refractivity contribution in [2.45, 2.75) is 32.6 Å². The Morgan fingerprint density at radius 3 is 2.70 bits per heavy atom. The Kier molecular flexibility index (Phi) is 4.68. The summed E-state index contributed by atoms with van der Waals surface area (Å²) in [6, 6.07) is 10.5. The maximum absolute atomic E-state index is 13.3. The van der Waals surface area contributed by atoms with E-state index in [1.807, 2.05) is 6.07 Å². The number of aryl methyl sites for hydroxylation is 1. The van der Waals surface area contributed by atoms with Crippen molar-refractivity contribution in [2.24, 2.45) is 10.9 Å². The molecule has 0 aromatic heterocycles. The third-order valence-corrected chi connectivity index (χ3v) is 5.57. The van der Waals surface area contributed by atoms with Crippen LogP contribution in [-0.4, -0.2) is 25.2 Å². The van der Waals surface area contributed by atoms with E-state index in [9.17, 15) is 9.18 Å². The third kappa shape index (κ3) is 3.59. The van der Waals surface area contributed by atoms with Gasteiger partial charge in [-0.25, -0.2) is 4.39 Å². The first-order valence-corrected chi connectivity index (χ1v) is 9.51. The number of piperidine rings is 1. The van der Waals surface area contributed by atoms with E-state index in [2.05, 4.69) is 41.2 Å². The van der Waals surface area contributed by atoms with Crippen molar-refractivity contribution in [3.05, 3.63) is 53.3 Å². The fraction of sp³-hybridized carbons (Fsp3) is 0.364. The molecule has 27 heavy (non-hydrogen) atoms. The molecule has 2 aromatic carbocycles. The van der Waals surface area contributed by atoms with Crippen LogP contribution < -0.4 is 10.2 Å². The first-order chi connectivity index (χ1) is 13.0. The number of amides is 1. The minimum Gasteiger partial charge on any atom is -0.371 e. The topological polar surface area (TPSA) is 44.7 Å². The molecule has 1 N–H and O–H groups in total. The molecule has 4 rings (SSSR count). The molecule has 140 valence electrons. The van der Waals surface area contributed by atoms with Crippen molar-refractivity contribution >= 4 is 29.2 Å². The van der Waals surface area contributed by atoms with Gasteiger partial charge in [-0.2, -0.15) is 0 Å². The highest BCUT2D eigenvalue weighted by molar-refractivity contribution is 6.12. The average molecular weight is 365 g/mol. The van der Waals surface area contributed by atoms with Crippen molar-refractivity contribution < 1.29 is 9.18 Å². The van der Waals surface area contributed by atoms with Crippen molar-refractivity contribution in [3.8, 4) is 0 Å². The number of carbonyl (C=O) groups is 1. The number of hydrogen-bond donors (Lipinski definition) is 1. The van der Waals surface area contributed by atoms with Crippen LogP contribution in [-0.2, 0) is 4.79 Å². The maximum Gasteiger partial charge on any atom is 0.237 e. The largest absolute Gasteiger partial charge is 0.371 e. The predicted octanol–water partition coefficient (Wildman–Crippen LogP) is 4.81. The Balaban J connectivity index is 1.52. The van der Waals surface area contributed by atoms with Crippen LogP contribution in [0.25, 0.3) is 0 Å². The Morgan fingerprint density at radius 1 is 1.19 bits per heavy atom. The van der Waals surface area contributed by atoms with Gasteiger partial charge in [0.05, 0.1) is 5.69 Å². The molecule has 4 nitrogen and oxygen atoms in total. The number of halogens is 1. The summed E-state index contributed by atoms with van der Waals surface area (Å²) < 4.78 is 13.3. The van der Waals surface area contributed by atoms with Crippen molar-refractivity contribution in [1.29, 1.82) is 0 Å². The normalized spacial score (nSPS) is 20.2. The van der Waals surface area contributed by atoms with Gasteiger partial charge in [0.1, 0.15) is 11.7 Å². The number of hydrogen-bond acceptors (Lipinski definition) is 3. The maximum atomic E-state index is 13.3. The fourth-order valence-corrected chi connectivity index (χ4v) is 3.89. The van der Waals surface area contributed by atoms with E-state index in [1.54, 1.807) is 12.3 Å². The number of fused-ring (bicyclic) bond motifs is 1. The van der Waals surface area contributed by atoms with Gasteiger partial charge in [0, 0.05) is 30.7 Å². The second-order valence-corrected chi connectivity index (χ2v) is 7.62. The van der Waals surface area contributed by atoms with Crippen LogP contribution in [0.15, 0.2) is 41.4 Å². The summed E-state index contributed by atoms with van der Waals surface area (Å²) in [5, 5.41) is 2.71. The molecule has 1 fully saturated rings. The molecule has 2 aliphatic rings. The second kappa shape index (κ2) is 7.14. The van der Waals surface area contributed by atoms with Gasteiger partial charge < -0.3 is 10.2 Å². The number of nitrogens with one attached hydrogen (secondary N) is 1. The van der Waals surface area contributed by atoms with Gasteiger partial charge >= 0.3 is 0 Å². The number of anilines is 2. The van der Waals surface area contributed by atoms with Crippen molar-refractivity contribution in [2.75, 3.05) is 23.3 Å². The summed E-state index contributed by atoms with van der Waals surface area (Å²) in [4.78, 5) is 19.1. The lowest BCUT2D eigenvalue weighted by molar-refractivity contribution is -0.115. The highest BCUT2D eigenvalue weighted by atomic mass is 19.1. The number of carbonyl (C=O) groups excluding carboxylic acids is 1. The lowest BCUT2D eigenvalue weighted by atomic mass is 9.98. The van der Waals surface area contributed by atoms with E-state index < -0.39 is 5.92 Å². The highest BCUT2D eigenvalue weighted by Gasteiger charge is 2.29. The van der Waals surface area contributed by atoms with Gasteiger partial charge in [-0.3, -0.25) is 9.79 Å². The summed E-state index contributed by atoms with van der Waals surface area (Å²) >= 11 is 0. The first kappa shape index (κ1) is 17.7. The van der Waals surface area contributed by atoms with Crippen LogP contribution in [0.2, 0.25) is 0 Å². The van der Waals surface area contributed by atoms with Crippen LogP contribution in [0.1, 0.15) is 36.8 Å². The molecule has 2 heterocycles. The number of aliphatic imine (C=N–C) groups is 1. The lowest BCUT2D eigenvalue weighted by Crippen LogP contribution is -2.33. The van der Waals surface area contributed by atoms with Gasteiger partial charge in [-0.15, -0.1) is 0 Å². The van der Waals surface area contributed by atoms with Gasteiger partial charge in [0.15, 0.2) is 0 Å². The predicted molar refractivity (Wildman–Crippen MR) is 108 cm³/mol. The van der Waals surface area contributed by atoms with E-state index >= 15 is 0 Å². The van der Waals surface area contributed by atoms with Crippen molar-refractivity contribution in [3.63, 3.8) is 0 Å². The summed E-state index contributed by atoms with van der Waals surface area (Å²) in [6.45, 7) is 6.61. The molecule has 0 radical (unpaired) electrons. The standard InChI is InChI=1S/C22H24FN3O/c1-14-7-9-26(10-8-14)21-6-4-17(11-15(21)2)24-13-19-18-5-3-16(23)12-20(18)25-22(19)27/h3-6,11-14,19H,7-10H2,1-2H3,(H,25,27). The molecule has 5 heteroatoms. The molecular formula is C22H24FN3O. The highest BCUT2D eigenvalue weighted by Crippen LogP contribution is 2.33. The van der Waals surface area contributed by atoms with E-state index in [-0.39, 0.29) is 11.7 Å². The summed E-state index contributed by atoms with van der Waals surface area (Å²) in [6.07, 6.45) is 4.11. The minimum atomic E-state index is -0.482. The molecule has 1 saturated heterocycles. The van der Waals surface area contributed by atoms with Gasteiger partial charge in [-0.05, 0) is 67.1 Å². The van der Waals surface area contributed by atoms with Crippen molar-refractivity contribution in [1.82, 2.24) is 0 Å². The number of rotatable bonds is 3. The summed E-state index contributed by atoms with van der Waals surface area (Å²) in [5.74, 6) is -0.205. The monoisotopic (exact) mass is 365 g/mol. The van der Waals surface area contributed by atoms with Crippen LogP contribution in [0.5, 0.6) is 0 Å². The zero-order valence-electron chi connectivity index (χ0n) is 15.7. The zero-order valence-corrected chi connectivity index (χ0v) is 15.7. The molecule has 1 unspecified atom stereocenters. The third-order valence-electron chi connectivity index (χ3n) is 5.57. The molecule has 0 bridgehead atoms. The molecule has 2 aromatic rings. The van der Waals surface area contributed by atoms with E-state index in [4.69, 9.17) is 0 Å². The smallest absolute Gasteiger partial charge is 0.237 e. The van der Waals surface area contributed by atoms with Crippen LogP contribution in [0, 0.1) is 18.7 Å². The SMILES string of the molecule is Cc1cc(N=CC2C(=O)Nc3cc(F)ccc32)ccc1N1CCC(C)CC1. The zero-order chi connectivity index (χ0) is 19.0. The number of nitrogens with zero attached hydrogens (tertiary/aromatic N) is 2. The van der Waals surface area contributed by atoms with E-state index in [0.717, 1.165) is 30.3 Å². The van der Waals surface area contributed by atoms with E-state index in [1.165, 1.54) is 36.2 Å². The Bertz CT molecular complexity index is 900. The molecule has 2 aliphatic heterocycles. The van der Waals surface area contributed by atoms with Crippen LogP contribution >= 0.6 is 0 Å². The van der Waals surface area contributed by atoms with Gasteiger partial charge in [0.25, 0.3) is 0 Å². The Labute approximate surface area is 159 Å². The van der Waals surface area contributed by atoms with Gasteiger partial charge in [0.2, 0.25) is 5.91 Å².